The van der Waals surface area contributed by atoms with Crippen molar-refractivity contribution in [1.29, 1.82) is 0 Å². The molecule has 1 aliphatic rings. The summed E-state index contributed by atoms with van der Waals surface area (Å²) in [5.41, 5.74) is 5.11. The fourth-order valence-corrected chi connectivity index (χ4v) is 6.01. The third kappa shape index (κ3) is 4.74. The number of hydrogen-bond donors (Lipinski definition) is 2. The predicted octanol–water partition coefficient (Wildman–Crippen LogP) is 5.44. The Labute approximate surface area is 221 Å². The fourth-order valence-electron chi connectivity index (χ4n) is 4.92. The Balaban J connectivity index is 1.47. The highest BCUT2D eigenvalue weighted by Gasteiger charge is 2.29. The monoisotopic (exact) mass is 535 g/mol. The van der Waals surface area contributed by atoms with Gasteiger partial charge in [-0.3, -0.25) is 9.36 Å². The highest BCUT2D eigenvalue weighted by molar-refractivity contribution is 7.66. The Hall–Kier alpha value is -3.48. The Morgan fingerprint density at radius 3 is 2.61 bits per heavy atom. The molecule has 9 heteroatoms. The van der Waals surface area contributed by atoms with Crippen LogP contribution in [-0.2, 0) is 24.0 Å². The minimum absolute atomic E-state index is 0.0734. The second-order valence-corrected chi connectivity index (χ2v) is 12.0. The van der Waals surface area contributed by atoms with E-state index in [1.54, 1.807) is 18.7 Å². The number of aromatic amines is 1. The number of carbonyl (C=O) groups is 1. The molecule has 1 amide bonds. The number of nitrogens with zero attached hydrogens (tertiary/aromatic N) is 2. The van der Waals surface area contributed by atoms with Gasteiger partial charge in [0.1, 0.15) is 24.0 Å². The molecule has 2 N–H and O–H groups in total. The van der Waals surface area contributed by atoms with Crippen LogP contribution in [0.2, 0.25) is 0 Å². The topological polar surface area (TPSA) is 95.5 Å². The van der Waals surface area contributed by atoms with Gasteiger partial charge in [0.05, 0.1) is 22.9 Å². The van der Waals surface area contributed by atoms with Crippen LogP contribution in [0.25, 0.3) is 22.2 Å². The molecule has 0 saturated carbocycles. The molecule has 1 atom stereocenters. The first-order chi connectivity index (χ1) is 18.2. The van der Waals surface area contributed by atoms with E-state index < -0.39 is 13.2 Å². The summed E-state index contributed by atoms with van der Waals surface area (Å²) in [7, 11) is -3.81. The van der Waals surface area contributed by atoms with Gasteiger partial charge in [-0.25, -0.2) is 9.37 Å². The van der Waals surface area contributed by atoms with Gasteiger partial charge in [0, 0.05) is 35.8 Å². The molecule has 1 unspecified atom stereocenters. The maximum absolute atomic E-state index is 15.3. The maximum Gasteiger partial charge on any atom is 0.254 e. The number of rotatable bonds is 6. The van der Waals surface area contributed by atoms with E-state index in [9.17, 15) is 14.3 Å². The van der Waals surface area contributed by atoms with Crippen LogP contribution in [0.4, 0.5) is 4.39 Å². The summed E-state index contributed by atoms with van der Waals surface area (Å²) >= 11 is 0. The average molecular weight is 536 g/mol. The quantitative estimate of drug-likeness (QED) is 0.321. The molecule has 5 rings (SSSR count). The van der Waals surface area contributed by atoms with Gasteiger partial charge in [0.25, 0.3) is 5.91 Å². The van der Waals surface area contributed by atoms with Crippen molar-refractivity contribution in [2.45, 2.75) is 40.2 Å². The lowest BCUT2D eigenvalue weighted by Crippen LogP contribution is -2.33. The number of aromatic nitrogens is 2. The van der Waals surface area contributed by atoms with Crippen LogP contribution in [0.5, 0.6) is 5.75 Å². The molecule has 1 aliphatic heterocycles. The number of hydrogen-bond acceptors (Lipinski definition) is 4. The molecular formula is C29H31FN3O4P. The molecule has 0 aliphatic carbocycles. The standard InChI is InChI=1S/C29H31FN3O4P/c1-4-21-22(9-12-26(28(21)30)38(35,36)6-3)29(34)33-13-14-37-25-11-8-18(15-20(25)17-33)19-7-10-23-24(16-19)32-27(5-2)31-23/h7-12,15-16H,4-6,13-14,17H2,1-3H3,(H,31,32)(H,35,36). The molecule has 0 fully saturated rings. The van der Waals surface area contributed by atoms with Crippen LogP contribution in [0.1, 0.15) is 48.1 Å². The highest BCUT2D eigenvalue weighted by Crippen LogP contribution is 2.40. The summed E-state index contributed by atoms with van der Waals surface area (Å²) < 4.78 is 33.7. The van der Waals surface area contributed by atoms with Gasteiger partial charge in [-0.15, -0.1) is 0 Å². The van der Waals surface area contributed by atoms with Crippen molar-refractivity contribution < 1.29 is 23.4 Å². The zero-order valence-electron chi connectivity index (χ0n) is 21.8. The number of aryl methyl sites for hydroxylation is 1. The number of H-pyrrole nitrogens is 1. The second kappa shape index (κ2) is 10.4. The van der Waals surface area contributed by atoms with E-state index in [0.29, 0.717) is 25.4 Å². The number of carbonyl (C=O) groups excluding carboxylic acids is 1. The first-order valence-electron chi connectivity index (χ1n) is 12.9. The zero-order valence-corrected chi connectivity index (χ0v) is 22.6. The van der Waals surface area contributed by atoms with E-state index in [4.69, 9.17) is 4.74 Å². The molecule has 0 bridgehead atoms. The lowest BCUT2D eigenvalue weighted by Gasteiger charge is -2.23. The number of nitrogens with one attached hydrogen (secondary N) is 1. The predicted molar refractivity (Wildman–Crippen MR) is 147 cm³/mol. The summed E-state index contributed by atoms with van der Waals surface area (Å²) in [5.74, 6) is 0.556. The van der Waals surface area contributed by atoms with E-state index in [1.807, 2.05) is 30.3 Å². The number of imidazole rings is 1. The van der Waals surface area contributed by atoms with E-state index in [0.717, 1.165) is 40.0 Å². The van der Waals surface area contributed by atoms with Crippen LogP contribution < -0.4 is 10.0 Å². The average Bonchev–Trinajstić information content (AvgIpc) is 3.22. The van der Waals surface area contributed by atoms with Gasteiger partial charge < -0.3 is 19.5 Å². The molecule has 0 spiro atoms. The van der Waals surface area contributed by atoms with Crippen molar-refractivity contribution in [1.82, 2.24) is 14.9 Å². The molecule has 7 nitrogen and oxygen atoms in total. The van der Waals surface area contributed by atoms with Crippen LogP contribution >= 0.6 is 7.37 Å². The number of ether oxygens (including phenoxy) is 1. The third-order valence-corrected chi connectivity index (χ3v) is 9.09. The fraction of sp³-hybridized carbons (Fsp3) is 0.310. The third-order valence-electron chi connectivity index (χ3n) is 7.14. The Bertz CT molecular complexity index is 1580. The largest absolute Gasteiger partial charge is 0.491 e. The SMILES string of the molecule is CCc1nc2ccc(-c3ccc4c(c3)CN(C(=O)c3ccc(P(=O)(O)CC)c(F)c3CC)CCO4)cc2[nH]1. The molecule has 4 aromatic rings. The van der Waals surface area contributed by atoms with E-state index in [2.05, 4.69) is 23.0 Å². The molecule has 1 aromatic heterocycles. The number of fused-ring (bicyclic) bond motifs is 2. The Kier molecular flexibility index (Phi) is 7.12. The Morgan fingerprint density at radius 2 is 1.87 bits per heavy atom. The first-order valence-corrected chi connectivity index (χ1v) is 14.8. The van der Waals surface area contributed by atoms with Crippen LogP contribution in [-0.4, -0.2) is 45.0 Å². The smallest absolute Gasteiger partial charge is 0.254 e. The second-order valence-electron chi connectivity index (χ2n) is 9.46. The maximum atomic E-state index is 15.3. The van der Waals surface area contributed by atoms with Gasteiger partial charge in [0.2, 0.25) is 7.37 Å². The van der Waals surface area contributed by atoms with Gasteiger partial charge in [-0.2, -0.15) is 0 Å². The van der Waals surface area contributed by atoms with Crippen molar-refractivity contribution in [2.75, 3.05) is 19.3 Å². The van der Waals surface area contributed by atoms with Crippen LogP contribution in [0.3, 0.4) is 0 Å². The van der Waals surface area contributed by atoms with Crippen LogP contribution in [0, 0.1) is 5.82 Å². The molecular weight excluding hydrogens is 504 g/mol. The molecule has 198 valence electrons. The van der Waals surface area contributed by atoms with Crippen LogP contribution in [0.15, 0.2) is 48.5 Å². The minimum Gasteiger partial charge on any atom is -0.491 e. The number of benzene rings is 3. The lowest BCUT2D eigenvalue weighted by molar-refractivity contribution is 0.0731. The summed E-state index contributed by atoms with van der Waals surface area (Å²) in [6, 6.07) is 14.8. The lowest BCUT2D eigenvalue weighted by atomic mass is 10.0. The summed E-state index contributed by atoms with van der Waals surface area (Å²) in [6.45, 7) is 6.28. The van der Waals surface area contributed by atoms with Crippen molar-refractivity contribution in [2.24, 2.45) is 0 Å². The van der Waals surface area contributed by atoms with E-state index in [-0.39, 0.29) is 34.9 Å². The highest BCUT2D eigenvalue weighted by atomic mass is 31.2. The number of halogens is 1. The van der Waals surface area contributed by atoms with Crippen molar-refractivity contribution >= 4 is 29.6 Å². The van der Waals surface area contributed by atoms with E-state index in [1.165, 1.54) is 12.1 Å². The molecule has 3 aromatic carbocycles. The van der Waals surface area contributed by atoms with Crippen molar-refractivity contribution in [3.8, 4) is 16.9 Å². The molecule has 0 radical (unpaired) electrons. The Morgan fingerprint density at radius 1 is 1.11 bits per heavy atom. The molecule has 0 saturated heterocycles. The normalized spacial score (nSPS) is 15.0. The zero-order chi connectivity index (χ0) is 27.0. The first kappa shape index (κ1) is 26.1. The molecule has 38 heavy (non-hydrogen) atoms. The minimum atomic E-state index is -3.81. The summed E-state index contributed by atoms with van der Waals surface area (Å²) in [5, 5.41) is -0.220. The molecule has 2 heterocycles. The summed E-state index contributed by atoms with van der Waals surface area (Å²) in [4.78, 5) is 33.4. The summed E-state index contributed by atoms with van der Waals surface area (Å²) in [6.07, 6.45) is 0.982. The van der Waals surface area contributed by atoms with Gasteiger partial charge in [-0.05, 0) is 53.9 Å². The van der Waals surface area contributed by atoms with Gasteiger partial charge in [-0.1, -0.05) is 32.9 Å². The van der Waals surface area contributed by atoms with Crippen molar-refractivity contribution in [3.05, 3.63) is 76.9 Å². The van der Waals surface area contributed by atoms with Gasteiger partial charge in [0.15, 0.2) is 0 Å². The van der Waals surface area contributed by atoms with Gasteiger partial charge >= 0.3 is 0 Å². The number of amides is 1. The van der Waals surface area contributed by atoms with Crippen molar-refractivity contribution in [3.63, 3.8) is 0 Å². The van der Waals surface area contributed by atoms with E-state index >= 15 is 4.39 Å².